The molecule has 0 aliphatic rings. The highest BCUT2D eigenvalue weighted by atomic mass is 35.5. The number of hydrogen-bond acceptors (Lipinski definition) is 6. The zero-order chi connectivity index (χ0) is 31.2. The highest BCUT2D eigenvalue weighted by Gasteiger charge is 2.34. The monoisotopic (exact) mass is 635 g/mol. The van der Waals surface area contributed by atoms with Gasteiger partial charge in [0.2, 0.25) is 11.8 Å². The van der Waals surface area contributed by atoms with E-state index in [9.17, 15) is 18.0 Å². The number of carbonyl (C=O) groups excluding carboxylic acids is 2. The molecule has 0 unspecified atom stereocenters. The van der Waals surface area contributed by atoms with Crippen molar-refractivity contribution in [3.8, 4) is 11.5 Å². The number of hydrogen-bond donors (Lipinski definition) is 1. The first-order valence-electron chi connectivity index (χ1n) is 13.1. The van der Waals surface area contributed by atoms with Gasteiger partial charge in [0, 0.05) is 35.3 Å². The maximum absolute atomic E-state index is 14.2. The first-order chi connectivity index (χ1) is 19.9. The van der Waals surface area contributed by atoms with Gasteiger partial charge in [-0.3, -0.25) is 13.9 Å². The number of nitrogens with one attached hydrogen (secondary N) is 1. The van der Waals surface area contributed by atoms with Crippen LogP contribution in [0.3, 0.4) is 0 Å². The minimum atomic E-state index is -4.32. The minimum absolute atomic E-state index is 0.105. The molecule has 0 aliphatic carbocycles. The van der Waals surface area contributed by atoms with E-state index in [0.717, 1.165) is 15.4 Å². The minimum Gasteiger partial charge on any atom is -0.493 e. The Balaban J connectivity index is 2.17. The molecule has 0 radical (unpaired) electrons. The summed E-state index contributed by atoms with van der Waals surface area (Å²) >= 11 is 12.9. The first-order valence-corrected chi connectivity index (χ1v) is 15.3. The molecule has 3 rings (SSSR count). The van der Waals surface area contributed by atoms with Crippen molar-refractivity contribution in [3.05, 3.63) is 81.3 Å². The Labute approximate surface area is 257 Å². The Bertz CT molecular complexity index is 1520. The normalized spacial score (nSPS) is 11.9. The van der Waals surface area contributed by atoms with Gasteiger partial charge >= 0.3 is 0 Å². The summed E-state index contributed by atoms with van der Waals surface area (Å²) in [5.74, 6) is -0.463. The second kappa shape index (κ2) is 14.1. The van der Waals surface area contributed by atoms with Crippen LogP contribution in [0.1, 0.15) is 30.0 Å². The molecule has 3 aromatic carbocycles. The maximum Gasteiger partial charge on any atom is 0.264 e. The molecule has 2 amide bonds. The van der Waals surface area contributed by atoms with Crippen molar-refractivity contribution < 1.29 is 27.5 Å². The molecule has 0 heterocycles. The van der Waals surface area contributed by atoms with Crippen LogP contribution >= 0.6 is 23.2 Å². The van der Waals surface area contributed by atoms with Crippen molar-refractivity contribution in [2.75, 3.05) is 32.1 Å². The lowest BCUT2D eigenvalue weighted by molar-refractivity contribution is -0.140. The molecule has 0 spiro atoms. The van der Waals surface area contributed by atoms with Crippen LogP contribution in [0.25, 0.3) is 0 Å². The molecular weight excluding hydrogens is 601 g/mol. The Morgan fingerprint density at radius 3 is 2.05 bits per heavy atom. The third-order valence-electron chi connectivity index (χ3n) is 6.74. The molecule has 12 heteroatoms. The van der Waals surface area contributed by atoms with E-state index >= 15 is 0 Å². The Morgan fingerprint density at radius 2 is 1.52 bits per heavy atom. The van der Waals surface area contributed by atoms with Crippen LogP contribution in [0.4, 0.5) is 5.69 Å². The molecule has 0 bridgehead atoms. The van der Waals surface area contributed by atoms with E-state index < -0.39 is 34.4 Å². The van der Waals surface area contributed by atoms with Crippen LogP contribution in [0.15, 0.2) is 59.5 Å². The van der Waals surface area contributed by atoms with Gasteiger partial charge in [-0.25, -0.2) is 8.42 Å². The number of ether oxygens (including phenoxy) is 2. The number of methoxy groups -OCH3 is 2. The first kappa shape index (κ1) is 33.0. The largest absolute Gasteiger partial charge is 0.493 e. The van der Waals surface area contributed by atoms with Crippen molar-refractivity contribution in [1.29, 1.82) is 0 Å². The third kappa shape index (κ3) is 7.29. The van der Waals surface area contributed by atoms with Crippen molar-refractivity contribution in [1.82, 2.24) is 10.2 Å². The summed E-state index contributed by atoms with van der Waals surface area (Å²) in [5, 5.41) is 3.22. The number of aryl methyl sites for hydroxylation is 2. The van der Waals surface area contributed by atoms with E-state index in [2.05, 4.69) is 5.32 Å². The molecule has 0 saturated heterocycles. The van der Waals surface area contributed by atoms with Crippen LogP contribution in [0.2, 0.25) is 10.0 Å². The topological polar surface area (TPSA) is 105 Å². The Morgan fingerprint density at radius 1 is 0.929 bits per heavy atom. The number of sulfonamides is 1. The average Bonchev–Trinajstić information content (AvgIpc) is 2.95. The van der Waals surface area contributed by atoms with Gasteiger partial charge in [-0.2, -0.15) is 0 Å². The molecule has 1 atom stereocenters. The zero-order valence-electron chi connectivity index (χ0n) is 24.4. The van der Waals surface area contributed by atoms with Crippen molar-refractivity contribution in [3.63, 3.8) is 0 Å². The van der Waals surface area contributed by atoms with Crippen LogP contribution in [-0.2, 0) is 26.2 Å². The van der Waals surface area contributed by atoms with Gasteiger partial charge in [0.05, 0.1) is 24.8 Å². The molecule has 1 N–H and O–H groups in total. The summed E-state index contributed by atoms with van der Waals surface area (Å²) in [7, 11) is -0.000923. The van der Waals surface area contributed by atoms with E-state index in [4.69, 9.17) is 32.7 Å². The molecule has 3 aromatic rings. The van der Waals surface area contributed by atoms with Gasteiger partial charge in [-0.05, 0) is 67.8 Å². The van der Waals surface area contributed by atoms with Crippen LogP contribution in [0.5, 0.6) is 11.5 Å². The smallest absolute Gasteiger partial charge is 0.264 e. The van der Waals surface area contributed by atoms with Gasteiger partial charge < -0.3 is 19.7 Å². The molecule has 0 saturated carbocycles. The van der Waals surface area contributed by atoms with Gasteiger partial charge in [0.25, 0.3) is 10.0 Å². The van der Waals surface area contributed by atoms with E-state index in [1.165, 1.54) is 44.4 Å². The predicted molar refractivity (Wildman–Crippen MR) is 165 cm³/mol. The third-order valence-corrected chi connectivity index (χ3v) is 9.22. The summed E-state index contributed by atoms with van der Waals surface area (Å²) in [6, 6.07) is 13.5. The SMILES string of the molecule is CC[C@H](C(=O)NC)N(Cc1c(Cl)cccc1Cl)C(=O)CN(c1cc(C)cc(C)c1)S(=O)(=O)c1ccc(OC)c(OC)c1. The molecular formula is C30H35Cl2N3O6S. The fraction of sp³-hybridized carbons (Fsp3) is 0.333. The van der Waals surface area contributed by atoms with Gasteiger partial charge in [0.15, 0.2) is 11.5 Å². The fourth-order valence-electron chi connectivity index (χ4n) is 4.67. The lowest BCUT2D eigenvalue weighted by Gasteiger charge is -2.33. The highest BCUT2D eigenvalue weighted by molar-refractivity contribution is 7.92. The second-order valence-electron chi connectivity index (χ2n) is 9.63. The van der Waals surface area contributed by atoms with Gasteiger partial charge in [-0.15, -0.1) is 0 Å². The zero-order valence-corrected chi connectivity index (χ0v) is 26.7. The number of anilines is 1. The number of rotatable bonds is 12. The lowest BCUT2D eigenvalue weighted by Crippen LogP contribution is -2.51. The standard InChI is InChI=1S/C30H35Cl2N3O6S/c1-7-26(30(37)33-4)34(17-23-24(31)9-8-10-25(23)32)29(36)18-35(21-14-19(2)13-20(3)15-21)42(38,39)22-11-12-27(40-5)28(16-22)41-6/h8-16,26H,7,17-18H2,1-6H3,(H,33,37)/t26-/m1/s1. The second-order valence-corrected chi connectivity index (χ2v) is 12.3. The Kier molecular flexibility index (Phi) is 11.1. The van der Waals surface area contributed by atoms with E-state index in [1.54, 1.807) is 37.3 Å². The molecule has 0 aromatic heterocycles. The van der Waals surface area contributed by atoms with Crippen molar-refractivity contribution in [2.45, 2.75) is 44.7 Å². The van der Waals surface area contributed by atoms with E-state index in [-0.39, 0.29) is 23.6 Å². The van der Waals surface area contributed by atoms with Crippen LogP contribution in [-0.4, -0.2) is 59.0 Å². The predicted octanol–water partition coefficient (Wildman–Crippen LogP) is 5.38. The van der Waals surface area contributed by atoms with Gasteiger partial charge in [0.1, 0.15) is 12.6 Å². The number of nitrogens with zero attached hydrogens (tertiary/aromatic N) is 2. The Hall–Kier alpha value is -3.47. The maximum atomic E-state index is 14.2. The molecule has 9 nitrogen and oxygen atoms in total. The molecule has 0 aliphatic heterocycles. The average molecular weight is 637 g/mol. The summed E-state index contributed by atoms with van der Waals surface area (Å²) in [5.41, 5.74) is 2.35. The number of halogens is 2. The number of likely N-dealkylation sites (N-methyl/N-ethyl adjacent to an activating group) is 1. The quantitative estimate of drug-likeness (QED) is 0.287. The van der Waals surface area contributed by atoms with E-state index in [1.807, 2.05) is 19.9 Å². The summed E-state index contributed by atoms with van der Waals surface area (Å²) in [6.07, 6.45) is 0.263. The number of carbonyl (C=O) groups is 2. The van der Waals surface area contributed by atoms with E-state index in [0.29, 0.717) is 27.0 Å². The summed E-state index contributed by atoms with van der Waals surface area (Å²) in [6.45, 7) is 4.72. The lowest BCUT2D eigenvalue weighted by atomic mass is 10.1. The van der Waals surface area contributed by atoms with Crippen LogP contribution < -0.4 is 19.1 Å². The van der Waals surface area contributed by atoms with Crippen LogP contribution in [0, 0.1) is 13.8 Å². The van der Waals surface area contributed by atoms with Gasteiger partial charge in [-0.1, -0.05) is 42.3 Å². The number of benzene rings is 3. The molecule has 226 valence electrons. The van der Waals surface area contributed by atoms with Crippen molar-refractivity contribution in [2.24, 2.45) is 0 Å². The molecule has 42 heavy (non-hydrogen) atoms. The summed E-state index contributed by atoms with van der Waals surface area (Å²) in [4.78, 5) is 28.3. The fourth-order valence-corrected chi connectivity index (χ4v) is 6.60. The number of amides is 2. The van der Waals surface area contributed by atoms with Crippen molar-refractivity contribution >= 4 is 50.7 Å². The summed E-state index contributed by atoms with van der Waals surface area (Å²) < 4.78 is 40.1. The highest BCUT2D eigenvalue weighted by Crippen LogP contribution is 2.33. The molecule has 0 fully saturated rings.